The topological polar surface area (TPSA) is 69.7 Å². The number of likely N-dealkylation sites (N-methyl/N-ethyl adjacent to an activating group) is 1. The molecule has 1 heterocycles. The Bertz CT molecular complexity index is 1140. The smallest absolute Gasteiger partial charge is 0.321 e. The molecule has 0 bridgehead atoms. The molecule has 0 saturated carbocycles. The quantitative estimate of drug-likeness (QED) is 0.623. The van der Waals surface area contributed by atoms with Gasteiger partial charge < -0.3 is 10.2 Å². The fraction of sp³-hybridized carbons (Fsp3) is 0.320. The van der Waals surface area contributed by atoms with E-state index >= 15 is 0 Å². The van der Waals surface area contributed by atoms with Gasteiger partial charge in [0.2, 0.25) is 0 Å². The fourth-order valence-corrected chi connectivity index (χ4v) is 5.08. The van der Waals surface area contributed by atoms with Crippen molar-refractivity contribution in [3.8, 4) is 0 Å². The molecule has 1 aliphatic rings. The number of hydrogen-bond acceptors (Lipinski definition) is 4. The van der Waals surface area contributed by atoms with Crippen LogP contribution < -0.4 is 5.32 Å². The highest BCUT2D eigenvalue weighted by Crippen LogP contribution is 2.25. The molecule has 0 spiro atoms. The Balaban J connectivity index is 1.66. The summed E-state index contributed by atoms with van der Waals surface area (Å²) in [5.41, 5.74) is 4.58. The van der Waals surface area contributed by atoms with E-state index in [2.05, 4.69) is 16.8 Å². The Hall–Kier alpha value is -2.90. The molecular weight excluding hydrogens is 422 g/mol. The maximum Gasteiger partial charge on any atom is 0.322 e. The van der Waals surface area contributed by atoms with E-state index in [1.807, 2.05) is 51.2 Å². The summed E-state index contributed by atoms with van der Waals surface area (Å²) in [5, 5.41) is 2.80. The number of nitrogens with one attached hydrogen (secondary N) is 1. The van der Waals surface area contributed by atoms with Crippen LogP contribution in [0.25, 0.3) is 0 Å². The Morgan fingerprint density at radius 1 is 1.19 bits per heavy atom. The Morgan fingerprint density at radius 2 is 1.84 bits per heavy atom. The molecule has 7 heteroatoms. The monoisotopic (exact) mass is 453 g/mol. The average Bonchev–Trinajstić information content (AvgIpc) is 3.12. The molecule has 170 valence electrons. The van der Waals surface area contributed by atoms with Gasteiger partial charge >= 0.3 is 6.03 Å². The minimum atomic E-state index is -3.49. The van der Waals surface area contributed by atoms with Crippen LogP contribution in [0.15, 0.2) is 71.7 Å². The van der Waals surface area contributed by atoms with Crippen molar-refractivity contribution < 1.29 is 13.2 Å². The number of fused-ring (bicyclic) bond motifs is 1. The van der Waals surface area contributed by atoms with Crippen LogP contribution in [0, 0.1) is 0 Å². The lowest BCUT2D eigenvalue weighted by molar-refractivity contribution is 0.215. The van der Waals surface area contributed by atoms with E-state index < -0.39 is 9.84 Å². The van der Waals surface area contributed by atoms with Crippen LogP contribution >= 0.6 is 0 Å². The van der Waals surface area contributed by atoms with Crippen molar-refractivity contribution >= 4 is 21.6 Å². The molecule has 2 amide bonds. The molecule has 0 aromatic heterocycles. The van der Waals surface area contributed by atoms with Gasteiger partial charge in [-0.1, -0.05) is 36.9 Å². The number of carbonyl (C=O) groups is 1. The molecule has 1 N–H and O–H groups in total. The third-order valence-electron chi connectivity index (χ3n) is 5.79. The lowest BCUT2D eigenvalue weighted by Gasteiger charge is -2.25. The summed E-state index contributed by atoms with van der Waals surface area (Å²) < 4.78 is 25.8. The minimum Gasteiger partial charge on any atom is -0.321 e. The highest BCUT2D eigenvalue weighted by Gasteiger charge is 2.20. The average molecular weight is 454 g/mol. The molecule has 0 aliphatic carbocycles. The van der Waals surface area contributed by atoms with Crippen molar-refractivity contribution in [1.82, 2.24) is 9.80 Å². The lowest BCUT2D eigenvalue weighted by Crippen LogP contribution is -2.38. The van der Waals surface area contributed by atoms with Gasteiger partial charge in [0, 0.05) is 25.8 Å². The summed E-state index contributed by atoms with van der Waals surface area (Å²) in [4.78, 5) is 16.5. The molecule has 32 heavy (non-hydrogen) atoms. The fourth-order valence-electron chi connectivity index (χ4n) is 3.75. The maximum absolute atomic E-state index is 12.9. The summed E-state index contributed by atoms with van der Waals surface area (Å²) in [6.45, 7) is 9.51. The molecule has 2 aromatic rings. The number of urea groups is 1. The van der Waals surface area contributed by atoms with E-state index in [1.165, 1.54) is 23.3 Å². The second-order valence-corrected chi connectivity index (χ2v) is 10.3. The normalized spacial score (nSPS) is 14.9. The molecule has 6 nitrogen and oxygen atoms in total. The molecule has 1 aliphatic heterocycles. The molecule has 1 atom stereocenters. The summed E-state index contributed by atoms with van der Waals surface area (Å²) >= 11 is 0. The lowest BCUT2D eigenvalue weighted by atomic mass is 10.1. The van der Waals surface area contributed by atoms with E-state index in [0.717, 1.165) is 24.2 Å². The van der Waals surface area contributed by atoms with Crippen molar-refractivity contribution in [2.45, 2.75) is 43.6 Å². The third-order valence-corrected chi connectivity index (χ3v) is 7.50. The Kier molecular flexibility index (Phi) is 7.21. The van der Waals surface area contributed by atoms with Crippen LogP contribution in [0.2, 0.25) is 0 Å². The van der Waals surface area contributed by atoms with E-state index in [9.17, 15) is 13.2 Å². The van der Waals surface area contributed by atoms with Gasteiger partial charge in [-0.2, -0.15) is 0 Å². The Labute approximate surface area is 191 Å². The van der Waals surface area contributed by atoms with Crippen molar-refractivity contribution in [2.75, 3.05) is 19.4 Å². The van der Waals surface area contributed by atoms with Gasteiger partial charge in [0.15, 0.2) is 9.84 Å². The third kappa shape index (κ3) is 5.47. The summed E-state index contributed by atoms with van der Waals surface area (Å²) in [6, 6.07) is 11.7. The van der Waals surface area contributed by atoms with Gasteiger partial charge in [-0.3, -0.25) is 4.90 Å². The van der Waals surface area contributed by atoms with Crippen LogP contribution in [0.5, 0.6) is 0 Å². The number of anilines is 1. The number of carbonyl (C=O) groups excluding carboxylic acids is 1. The van der Waals surface area contributed by atoms with Gasteiger partial charge in [0.1, 0.15) is 0 Å². The van der Waals surface area contributed by atoms with Crippen molar-refractivity contribution in [2.24, 2.45) is 0 Å². The summed E-state index contributed by atoms with van der Waals surface area (Å²) in [5.74, 6) is -0.0526. The van der Waals surface area contributed by atoms with Crippen molar-refractivity contribution in [3.05, 3.63) is 83.5 Å². The highest BCUT2D eigenvalue weighted by atomic mass is 32.2. The van der Waals surface area contributed by atoms with Gasteiger partial charge in [0.25, 0.3) is 0 Å². The molecule has 0 fully saturated rings. The molecule has 0 radical (unpaired) electrons. The summed E-state index contributed by atoms with van der Waals surface area (Å²) in [7, 11) is 0.253. The first-order valence-electron chi connectivity index (χ1n) is 10.6. The molecule has 2 aromatic carbocycles. The first-order chi connectivity index (χ1) is 15.1. The SMILES string of the molecule is C=C(/C=C\C)C(C)N(C)C(=O)Nc1ccc(S(=O)(=O)Cc2ccc3c(c2)CN(C)C3)cc1. The van der Waals surface area contributed by atoms with Crippen molar-refractivity contribution in [1.29, 1.82) is 0 Å². The molecule has 0 saturated heterocycles. The minimum absolute atomic E-state index is 0.0526. The number of hydrogen-bond donors (Lipinski definition) is 1. The zero-order valence-corrected chi connectivity index (χ0v) is 19.9. The standard InChI is InChI=1S/C25H31N3O3S/c1-6-7-18(2)19(3)28(5)25(29)26-23-10-12-24(13-11-23)32(30,31)17-20-8-9-21-15-27(4)16-22(21)14-20/h6-14,19H,2,15-17H2,1,3-5H3,(H,26,29)/b7-6-. The second kappa shape index (κ2) is 9.71. The van der Waals surface area contributed by atoms with E-state index in [-0.39, 0.29) is 22.7 Å². The van der Waals surface area contributed by atoms with E-state index in [1.54, 1.807) is 24.1 Å². The first kappa shape index (κ1) is 23.8. The van der Waals surface area contributed by atoms with Crippen LogP contribution in [0.3, 0.4) is 0 Å². The molecule has 3 rings (SSSR count). The number of rotatable bonds is 7. The number of amides is 2. The predicted molar refractivity (Wildman–Crippen MR) is 129 cm³/mol. The number of nitrogens with zero attached hydrogens (tertiary/aromatic N) is 2. The van der Waals surface area contributed by atoms with Gasteiger partial charge in [-0.25, -0.2) is 13.2 Å². The molecule has 1 unspecified atom stereocenters. The predicted octanol–water partition coefficient (Wildman–Crippen LogP) is 4.59. The summed E-state index contributed by atoms with van der Waals surface area (Å²) in [6.07, 6.45) is 3.75. The number of allylic oxidation sites excluding steroid dienone is 1. The Morgan fingerprint density at radius 3 is 2.50 bits per heavy atom. The van der Waals surface area contributed by atoms with Crippen LogP contribution in [-0.2, 0) is 28.7 Å². The van der Waals surface area contributed by atoms with E-state index in [0.29, 0.717) is 5.69 Å². The maximum atomic E-state index is 12.9. The highest BCUT2D eigenvalue weighted by molar-refractivity contribution is 7.90. The van der Waals surface area contributed by atoms with E-state index in [4.69, 9.17) is 0 Å². The number of benzene rings is 2. The first-order valence-corrected chi connectivity index (χ1v) is 12.2. The van der Waals surface area contributed by atoms with Crippen LogP contribution in [-0.4, -0.2) is 44.4 Å². The zero-order chi connectivity index (χ0) is 23.5. The van der Waals surface area contributed by atoms with Crippen LogP contribution in [0.1, 0.15) is 30.5 Å². The number of sulfone groups is 1. The van der Waals surface area contributed by atoms with Crippen molar-refractivity contribution in [3.63, 3.8) is 0 Å². The largest absolute Gasteiger partial charge is 0.322 e. The van der Waals surface area contributed by atoms with Gasteiger partial charge in [0.05, 0.1) is 16.7 Å². The molecular formula is C25H31N3O3S. The van der Waals surface area contributed by atoms with Gasteiger partial charge in [-0.05, 0) is 67.4 Å². The zero-order valence-electron chi connectivity index (χ0n) is 19.1. The van der Waals surface area contributed by atoms with Gasteiger partial charge in [-0.15, -0.1) is 0 Å². The van der Waals surface area contributed by atoms with Crippen LogP contribution in [0.4, 0.5) is 10.5 Å². The second-order valence-electron chi connectivity index (χ2n) is 8.35.